The van der Waals surface area contributed by atoms with Crippen LogP contribution in [0.4, 0.5) is 5.69 Å². The number of amides is 2. The van der Waals surface area contributed by atoms with Crippen molar-refractivity contribution < 1.29 is 79.5 Å². The lowest BCUT2D eigenvalue weighted by molar-refractivity contribution is -0.152. The van der Waals surface area contributed by atoms with Crippen LogP contribution in [0.1, 0.15) is 60.3 Å². The van der Waals surface area contributed by atoms with E-state index >= 15 is 0 Å². The van der Waals surface area contributed by atoms with Gasteiger partial charge < -0.3 is 68.5 Å². The minimum atomic E-state index is -3.20. The molecule has 20 heteroatoms. The molecule has 10 atom stereocenters. The zero-order valence-electron chi connectivity index (χ0n) is 31.7. The number of aromatic hydroxyl groups is 2. The van der Waals surface area contributed by atoms with E-state index in [9.17, 15) is 79.5 Å². The van der Waals surface area contributed by atoms with E-state index in [1.54, 1.807) is 6.92 Å². The molecular formula is C41H38N4O16. The van der Waals surface area contributed by atoms with E-state index in [-0.39, 0.29) is 24.0 Å². The molecule has 2 aromatic rings. The number of rotatable bonds is 5. The molecule has 2 saturated carbocycles. The third kappa shape index (κ3) is 5.03. The van der Waals surface area contributed by atoms with Gasteiger partial charge in [0.2, 0.25) is 11.6 Å². The zero-order valence-corrected chi connectivity index (χ0v) is 31.7. The van der Waals surface area contributed by atoms with Crippen molar-refractivity contribution in [2.24, 2.45) is 40.9 Å². The summed E-state index contributed by atoms with van der Waals surface area (Å²) in [4.78, 5) is 93.8. The number of hydrogen-bond donors (Lipinski definition) is 13. The minimum absolute atomic E-state index is 0.0744. The molecule has 16 N–H and O–H groups in total. The van der Waals surface area contributed by atoms with Crippen LogP contribution in [0.5, 0.6) is 11.5 Å². The summed E-state index contributed by atoms with van der Waals surface area (Å²) in [5, 5.41) is 104. The summed E-state index contributed by atoms with van der Waals surface area (Å²) >= 11 is 0. The Kier molecular flexibility index (Phi) is 8.93. The Labute approximate surface area is 342 Å². The summed E-state index contributed by atoms with van der Waals surface area (Å²) in [6.45, 7) is 1.69. The highest BCUT2D eigenvalue weighted by Crippen LogP contribution is 2.58. The summed E-state index contributed by atoms with van der Waals surface area (Å²) < 4.78 is 0. The van der Waals surface area contributed by atoms with E-state index in [1.165, 1.54) is 18.2 Å². The number of carbonyl (C=O) groups excluding carboxylic acids is 6. The van der Waals surface area contributed by atoms with Crippen LogP contribution in [-0.2, 0) is 33.6 Å². The van der Waals surface area contributed by atoms with Crippen LogP contribution in [0.3, 0.4) is 0 Å². The fraction of sp³-hybridized carbons (Fsp3) is 0.341. The normalized spacial score (nSPS) is 33.0. The van der Waals surface area contributed by atoms with Crippen LogP contribution in [0, 0.1) is 23.7 Å². The van der Waals surface area contributed by atoms with Crippen molar-refractivity contribution >= 4 is 58.1 Å². The number of anilines is 1. The number of aliphatic carboxylic acids is 1. The number of benzene rings is 2. The van der Waals surface area contributed by atoms with Crippen LogP contribution in [-0.4, -0.2) is 110 Å². The van der Waals surface area contributed by atoms with Crippen LogP contribution in [0.25, 0.3) is 11.5 Å². The number of phenols is 2. The van der Waals surface area contributed by atoms with Crippen molar-refractivity contribution in [3.63, 3.8) is 0 Å². The standard InChI is InChI=1S/C41H38N4O16/c1-2-10-11-6-7-17(28(47)21(11)30(49)22-13(10)8-15-26(42)31(50)24(37(44)56)35(54)40(15,60)33(22)52)45-38(57)25-32(51)27(43)16-9-14-19(39(58)59)12-4-3-5-18(46)20(12)29(48)23(14)34(53)41(16,61)36(25)55/h3-7,10,13-16,19,26-27,46-49,54-55,60-61H,2,8-9,42-43H2,1H3,(H2,44,56)(H,45,57)(H,58,59)/t10-,13-,14-,15+,16+,19-,26+,27+,40+,41+/m1/s1. The molecule has 6 aliphatic rings. The number of carbonyl (C=O) groups is 7. The molecule has 318 valence electrons. The quantitative estimate of drug-likeness (QED) is 0.136. The number of nitrogens with one attached hydrogen (secondary N) is 1. The number of Topliss-reactive ketones (excluding diaryl/α,β-unsaturated/α-hetero) is 4. The van der Waals surface area contributed by atoms with Crippen LogP contribution in [0.2, 0.25) is 0 Å². The highest BCUT2D eigenvalue weighted by Gasteiger charge is 2.66. The van der Waals surface area contributed by atoms with Gasteiger partial charge in [-0.15, -0.1) is 0 Å². The number of primary amides is 1. The number of phenolic OH excluding ortho intramolecular Hbond substituents is 2. The number of aliphatic hydroxyl groups is 6. The predicted octanol–water partition coefficient (Wildman–Crippen LogP) is -0.234. The van der Waals surface area contributed by atoms with Crippen LogP contribution in [0.15, 0.2) is 64.1 Å². The Morgan fingerprint density at radius 1 is 0.738 bits per heavy atom. The van der Waals surface area contributed by atoms with E-state index < -0.39 is 180 Å². The van der Waals surface area contributed by atoms with Gasteiger partial charge in [-0.1, -0.05) is 25.1 Å². The third-order valence-corrected chi connectivity index (χ3v) is 13.5. The van der Waals surface area contributed by atoms with Crippen molar-refractivity contribution in [1.29, 1.82) is 0 Å². The number of fused-ring (bicyclic) bond motifs is 6. The summed E-state index contributed by atoms with van der Waals surface area (Å²) in [6, 6.07) is 2.61. The van der Waals surface area contributed by atoms with Crippen molar-refractivity contribution in [2.45, 2.75) is 61.3 Å². The smallest absolute Gasteiger partial charge is 0.311 e. The average molecular weight is 843 g/mol. The van der Waals surface area contributed by atoms with Gasteiger partial charge in [0.1, 0.15) is 45.7 Å². The molecule has 0 unspecified atom stereocenters. The zero-order chi connectivity index (χ0) is 44.7. The lowest BCUT2D eigenvalue weighted by Gasteiger charge is -2.50. The Hall–Kier alpha value is -6.87. The summed E-state index contributed by atoms with van der Waals surface area (Å²) in [5.41, 5.74) is 6.53. The van der Waals surface area contributed by atoms with Gasteiger partial charge in [-0.05, 0) is 54.4 Å². The van der Waals surface area contributed by atoms with E-state index in [2.05, 4.69) is 5.32 Å². The van der Waals surface area contributed by atoms with Gasteiger partial charge in [-0.3, -0.25) is 33.6 Å². The van der Waals surface area contributed by atoms with Crippen LogP contribution < -0.4 is 22.5 Å². The van der Waals surface area contributed by atoms with Gasteiger partial charge in [0.05, 0.1) is 34.8 Å². The van der Waals surface area contributed by atoms with Gasteiger partial charge in [0.25, 0.3) is 11.8 Å². The first-order valence-corrected chi connectivity index (χ1v) is 19.0. The van der Waals surface area contributed by atoms with E-state index in [4.69, 9.17) is 17.2 Å². The third-order valence-electron chi connectivity index (χ3n) is 13.5. The average Bonchev–Trinajstić information content (AvgIpc) is 3.19. The molecule has 2 aromatic carbocycles. The molecule has 20 nitrogen and oxygen atoms in total. The molecule has 2 amide bonds. The SMILES string of the molecule is CC[C@@H]1c2ccc(NC(=O)C3=C(O)[C@@]4(O)C(=O)C5=C(O)c6c(O)cccc6[C@@H](C(=O)O)[C@H]5C[C@H]4[C@H](N)C3=O)c(O)c2C(O)=C2C(=O)[C@]3(O)C(O)=C(C(N)=O)C(=O)[C@@H](N)[C@@H]3C[C@@H]21. The van der Waals surface area contributed by atoms with Crippen LogP contribution >= 0.6 is 0 Å². The molecule has 0 radical (unpaired) electrons. The lowest BCUT2D eigenvalue weighted by atomic mass is 9.55. The molecule has 2 fully saturated rings. The fourth-order valence-corrected chi connectivity index (χ4v) is 10.6. The lowest BCUT2D eigenvalue weighted by Crippen LogP contribution is -2.65. The fourth-order valence-electron chi connectivity index (χ4n) is 10.6. The predicted molar refractivity (Wildman–Crippen MR) is 205 cm³/mol. The Balaban J connectivity index is 1.20. The Morgan fingerprint density at radius 2 is 1.26 bits per heavy atom. The number of ketones is 4. The van der Waals surface area contributed by atoms with Gasteiger partial charge in [-0.25, -0.2) is 0 Å². The largest absolute Gasteiger partial charge is 0.508 e. The van der Waals surface area contributed by atoms with Crippen molar-refractivity contribution in [3.05, 3.63) is 86.4 Å². The molecule has 0 saturated heterocycles. The summed E-state index contributed by atoms with van der Waals surface area (Å²) in [7, 11) is 0. The maximum Gasteiger partial charge on any atom is 0.311 e. The molecular weight excluding hydrogens is 804 g/mol. The summed E-state index contributed by atoms with van der Waals surface area (Å²) in [6.07, 6.45) is -0.644. The van der Waals surface area contributed by atoms with Gasteiger partial charge >= 0.3 is 5.97 Å². The number of carboxylic acids is 1. The van der Waals surface area contributed by atoms with E-state index in [1.807, 2.05) is 0 Å². The monoisotopic (exact) mass is 842 g/mol. The summed E-state index contributed by atoms with van der Waals surface area (Å²) in [5.74, 6) is -23.9. The highest BCUT2D eigenvalue weighted by molar-refractivity contribution is 6.28. The molecule has 0 aromatic heterocycles. The Bertz CT molecular complexity index is 2640. The first kappa shape index (κ1) is 40.9. The van der Waals surface area contributed by atoms with E-state index in [0.717, 1.165) is 12.1 Å². The first-order chi connectivity index (χ1) is 28.6. The molecule has 6 aliphatic carbocycles. The second-order valence-electron chi connectivity index (χ2n) is 16.2. The minimum Gasteiger partial charge on any atom is -0.508 e. The Morgan fingerprint density at radius 3 is 1.82 bits per heavy atom. The number of nitrogens with two attached hydrogens (primary N) is 3. The molecule has 0 aliphatic heterocycles. The topological polar surface area (TPSA) is 392 Å². The molecule has 8 rings (SSSR count). The second kappa shape index (κ2) is 13.3. The number of aliphatic hydroxyl groups excluding tert-OH is 4. The van der Waals surface area contributed by atoms with Gasteiger partial charge in [0, 0.05) is 28.9 Å². The van der Waals surface area contributed by atoms with Crippen molar-refractivity contribution in [2.75, 3.05) is 5.32 Å². The highest BCUT2D eigenvalue weighted by atomic mass is 16.4. The molecule has 0 bridgehead atoms. The van der Waals surface area contributed by atoms with Gasteiger partial charge in [0.15, 0.2) is 22.8 Å². The van der Waals surface area contributed by atoms with Gasteiger partial charge in [-0.2, -0.15) is 0 Å². The molecule has 61 heavy (non-hydrogen) atoms. The maximum absolute atomic E-state index is 14.3. The number of hydrogen-bond acceptors (Lipinski definition) is 17. The second-order valence-corrected chi connectivity index (χ2v) is 16.2. The number of carboxylic acid groups (broad SMARTS) is 1. The van der Waals surface area contributed by atoms with Crippen molar-refractivity contribution in [3.8, 4) is 11.5 Å². The molecule has 0 spiro atoms. The van der Waals surface area contributed by atoms with Crippen molar-refractivity contribution in [1.82, 2.24) is 0 Å². The molecule has 0 heterocycles. The van der Waals surface area contributed by atoms with E-state index in [0.29, 0.717) is 0 Å². The maximum atomic E-state index is 14.3. The first-order valence-electron chi connectivity index (χ1n) is 19.0.